The Bertz CT molecular complexity index is 1130. The Morgan fingerprint density at radius 1 is 1.00 bits per heavy atom. The number of hydrogen-bond donors (Lipinski definition) is 1. The van der Waals surface area contributed by atoms with Crippen molar-refractivity contribution in [3.05, 3.63) is 53.6 Å². The maximum atomic E-state index is 13.5. The van der Waals surface area contributed by atoms with Crippen LogP contribution in [0.3, 0.4) is 0 Å². The fourth-order valence-electron chi connectivity index (χ4n) is 4.26. The summed E-state index contributed by atoms with van der Waals surface area (Å²) in [5.74, 6) is -0.656. The zero-order valence-corrected chi connectivity index (χ0v) is 16.7. The molecular weight excluding hydrogens is 402 g/mol. The van der Waals surface area contributed by atoms with Crippen molar-refractivity contribution in [1.29, 1.82) is 0 Å². The van der Waals surface area contributed by atoms with E-state index in [9.17, 15) is 19.2 Å². The molecule has 1 saturated heterocycles. The van der Waals surface area contributed by atoms with Crippen LogP contribution in [-0.2, 0) is 14.4 Å². The monoisotopic (exact) mass is 421 g/mol. The van der Waals surface area contributed by atoms with Crippen LogP contribution in [-0.4, -0.2) is 59.7 Å². The summed E-state index contributed by atoms with van der Waals surface area (Å²) < 4.78 is 10.8. The van der Waals surface area contributed by atoms with Gasteiger partial charge in [0, 0.05) is 19.0 Å². The standard InChI is InChI=1S/C22H19N3O6/c1-24-10-19(27)25-15(22(24)29)9-16(26)13-4-2-3-5-14(13)23-21(28)20(25)12-6-7-17-18(8-12)31-11-30-17/h2-8,15,20H,9-11H2,1H3,(H,23,28)/t15-,20+/m1/s1. The molecule has 3 amide bonds. The van der Waals surface area contributed by atoms with Crippen LogP contribution in [0.2, 0.25) is 0 Å². The van der Waals surface area contributed by atoms with Gasteiger partial charge in [-0.1, -0.05) is 18.2 Å². The van der Waals surface area contributed by atoms with Crippen molar-refractivity contribution in [2.24, 2.45) is 0 Å². The Morgan fingerprint density at radius 2 is 1.77 bits per heavy atom. The molecule has 0 aromatic heterocycles. The van der Waals surface area contributed by atoms with Crippen molar-refractivity contribution in [3.63, 3.8) is 0 Å². The number of fused-ring (bicyclic) bond motifs is 3. The SMILES string of the molecule is CN1CC(=O)N2[C@H](CC(=O)c3ccccc3NC(=O)[C@@H]2c2ccc3c(c2)OCO3)C1=O. The van der Waals surface area contributed by atoms with Gasteiger partial charge in [0.15, 0.2) is 17.3 Å². The van der Waals surface area contributed by atoms with E-state index in [4.69, 9.17) is 9.47 Å². The highest BCUT2D eigenvalue weighted by molar-refractivity contribution is 6.10. The maximum Gasteiger partial charge on any atom is 0.251 e. The summed E-state index contributed by atoms with van der Waals surface area (Å²) >= 11 is 0. The molecule has 1 fully saturated rings. The summed E-state index contributed by atoms with van der Waals surface area (Å²) in [6.45, 7) is -0.114. The number of ketones is 1. The molecule has 1 N–H and O–H groups in total. The van der Waals surface area contributed by atoms with Crippen LogP contribution in [0.1, 0.15) is 28.4 Å². The van der Waals surface area contributed by atoms with Gasteiger partial charge in [0.25, 0.3) is 5.91 Å². The highest BCUT2D eigenvalue weighted by Gasteiger charge is 2.46. The third kappa shape index (κ3) is 3.09. The summed E-state index contributed by atoms with van der Waals surface area (Å²) in [4.78, 5) is 55.1. The quantitative estimate of drug-likeness (QED) is 0.745. The van der Waals surface area contributed by atoms with E-state index in [0.717, 1.165) is 0 Å². The minimum Gasteiger partial charge on any atom is -0.454 e. The first kappa shape index (κ1) is 19.1. The van der Waals surface area contributed by atoms with Crippen LogP contribution < -0.4 is 14.8 Å². The van der Waals surface area contributed by atoms with Gasteiger partial charge in [-0.2, -0.15) is 0 Å². The lowest BCUT2D eigenvalue weighted by Crippen LogP contribution is -2.61. The highest BCUT2D eigenvalue weighted by Crippen LogP contribution is 2.38. The Labute approximate surface area is 177 Å². The van der Waals surface area contributed by atoms with Gasteiger partial charge in [0.05, 0.1) is 12.2 Å². The van der Waals surface area contributed by atoms with E-state index in [0.29, 0.717) is 28.3 Å². The average Bonchev–Trinajstić information content (AvgIpc) is 3.23. The number of para-hydroxylation sites is 1. The third-order valence-electron chi connectivity index (χ3n) is 5.76. The number of piperazine rings is 1. The Hall–Kier alpha value is -3.88. The van der Waals surface area contributed by atoms with Gasteiger partial charge in [-0.05, 0) is 29.8 Å². The number of nitrogens with zero attached hydrogens (tertiary/aromatic N) is 2. The zero-order valence-electron chi connectivity index (χ0n) is 16.7. The fraction of sp³-hybridized carbons (Fsp3) is 0.273. The number of carbonyl (C=O) groups is 4. The number of ether oxygens (including phenoxy) is 2. The molecule has 3 aliphatic rings. The number of Topliss-reactive ketones (excluding diaryl/α,β-unsaturated/α-hetero) is 1. The van der Waals surface area contributed by atoms with Gasteiger partial charge in [0.2, 0.25) is 18.6 Å². The Balaban J connectivity index is 1.67. The largest absolute Gasteiger partial charge is 0.454 e. The molecular formula is C22H19N3O6. The average molecular weight is 421 g/mol. The molecule has 0 aliphatic carbocycles. The predicted molar refractivity (Wildman–Crippen MR) is 108 cm³/mol. The van der Waals surface area contributed by atoms with Crippen molar-refractivity contribution < 1.29 is 28.7 Å². The van der Waals surface area contributed by atoms with Gasteiger partial charge >= 0.3 is 0 Å². The molecule has 2 aromatic rings. The molecule has 0 saturated carbocycles. The summed E-state index contributed by atoms with van der Waals surface area (Å²) in [5.41, 5.74) is 1.11. The zero-order chi connectivity index (χ0) is 21.7. The number of likely N-dealkylation sites (N-methyl/N-ethyl adjacent to an activating group) is 1. The van der Waals surface area contributed by atoms with Crippen LogP contribution in [0.4, 0.5) is 5.69 Å². The Kier molecular flexibility index (Phi) is 4.39. The minimum absolute atomic E-state index is 0.0616. The summed E-state index contributed by atoms with van der Waals surface area (Å²) in [6, 6.07) is 9.36. The molecule has 31 heavy (non-hydrogen) atoms. The van der Waals surface area contributed by atoms with Crippen LogP contribution in [0.25, 0.3) is 0 Å². The van der Waals surface area contributed by atoms with Crippen molar-refractivity contribution in [3.8, 4) is 11.5 Å². The van der Waals surface area contributed by atoms with Crippen molar-refractivity contribution in [2.75, 3.05) is 25.7 Å². The number of rotatable bonds is 1. The van der Waals surface area contributed by atoms with Crippen molar-refractivity contribution in [1.82, 2.24) is 9.80 Å². The van der Waals surface area contributed by atoms with E-state index in [1.165, 1.54) is 16.8 Å². The molecule has 3 heterocycles. The van der Waals surface area contributed by atoms with Crippen molar-refractivity contribution >= 4 is 29.2 Å². The van der Waals surface area contributed by atoms with Gasteiger partial charge < -0.3 is 24.6 Å². The van der Waals surface area contributed by atoms with E-state index in [-0.39, 0.29) is 31.4 Å². The fourth-order valence-corrected chi connectivity index (χ4v) is 4.26. The first-order valence-corrected chi connectivity index (χ1v) is 9.83. The van der Waals surface area contributed by atoms with E-state index in [1.54, 1.807) is 42.5 Å². The second kappa shape index (κ2) is 7.12. The molecule has 3 aliphatic heterocycles. The normalized spacial score (nSPS) is 22.9. The molecule has 5 rings (SSSR count). The van der Waals surface area contributed by atoms with Crippen LogP contribution in [0, 0.1) is 0 Å². The number of benzene rings is 2. The van der Waals surface area contributed by atoms with Crippen LogP contribution in [0.15, 0.2) is 42.5 Å². The molecule has 0 spiro atoms. The summed E-state index contributed by atoms with van der Waals surface area (Å²) in [7, 11) is 1.51. The minimum atomic E-state index is -1.12. The molecule has 9 heteroatoms. The first-order chi connectivity index (χ1) is 14.9. The lowest BCUT2D eigenvalue weighted by Gasteiger charge is -2.42. The van der Waals surface area contributed by atoms with E-state index < -0.39 is 23.9 Å². The van der Waals surface area contributed by atoms with Crippen LogP contribution in [0.5, 0.6) is 11.5 Å². The molecule has 2 atom stereocenters. The van der Waals surface area contributed by atoms with E-state index in [2.05, 4.69) is 5.32 Å². The lowest BCUT2D eigenvalue weighted by atomic mass is 9.96. The van der Waals surface area contributed by atoms with Gasteiger partial charge in [0.1, 0.15) is 12.1 Å². The molecule has 0 unspecified atom stereocenters. The summed E-state index contributed by atoms with van der Waals surface area (Å²) in [6.07, 6.45) is -0.220. The smallest absolute Gasteiger partial charge is 0.251 e. The molecule has 0 radical (unpaired) electrons. The van der Waals surface area contributed by atoms with Gasteiger partial charge in [-0.15, -0.1) is 0 Å². The molecule has 9 nitrogen and oxygen atoms in total. The van der Waals surface area contributed by atoms with Gasteiger partial charge in [-0.3, -0.25) is 19.2 Å². The number of hydrogen-bond acceptors (Lipinski definition) is 6. The number of anilines is 1. The van der Waals surface area contributed by atoms with E-state index >= 15 is 0 Å². The summed E-state index contributed by atoms with van der Waals surface area (Å²) in [5, 5.41) is 2.78. The number of amides is 3. The van der Waals surface area contributed by atoms with E-state index in [1.807, 2.05) is 0 Å². The van der Waals surface area contributed by atoms with Gasteiger partial charge in [-0.25, -0.2) is 0 Å². The molecule has 158 valence electrons. The second-order valence-corrected chi connectivity index (χ2v) is 7.69. The number of carbonyl (C=O) groups excluding carboxylic acids is 4. The lowest BCUT2D eigenvalue weighted by molar-refractivity contribution is -0.159. The second-order valence-electron chi connectivity index (χ2n) is 7.69. The molecule has 2 aromatic carbocycles. The highest BCUT2D eigenvalue weighted by atomic mass is 16.7. The molecule has 0 bridgehead atoms. The topological polar surface area (TPSA) is 105 Å². The predicted octanol–water partition coefficient (Wildman–Crippen LogP) is 1.35. The van der Waals surface area contributed by atoms with Crippen LogP contribution >= 0.6 is 0 Å². The first-order valence-electron chi connectivity index (χ1n) is 9.83. The van der Waals surface area contributed by atoms with Crippen molar-refractivity contribution in [2.45, 2.75) is 18.5 Å². The Morgan fingerprint density at radius 3 is 2.61 bits per heavy atom. The maximum absolute atomic E-state index is 13.5. The number of nitrogens with one attached hydrogen (secondary N) is 1. The third-order valence-corrected chi connectivity index (χ3v) is 5.76.